The van der Waals surface area contributed by atoms with Gasteiger partial charge in [0, 0.05) is 46.3 Å². The summed E-state index contributed by atoms with van der Waals surface area (Å²) in [5, 5.41) is 4.72. The van der Waals surface area contributed by atoms with Gasteiger partial charge < -0.3 is 14.7 Å². The van der Waals surface area contributed by atoms with Gasteiger partial charge in [0.25, 0.3) is 0 Å². The smallest absolute Gasteiger partial charge is 0.212 e. The van der Waals surface area contributed by atoms with Crippen molar-refractivity contribution >= 4 is 27.1 Å². The summed E-state index contributed by atoms with van der Waals surface area (Å²) in [6.07, 6.45) is 0.504. The molecule has 0 spiro atoms. The van der Waals surface area contributed by atoms with E-state index in [1.807, 2.05) is 38.1 Å². The Bertz CT molecular complexity index is 1150. The zero-order valence-corrected chi connectivity index (χ0v) is 18.7. The predicted molar refractivity (Wildman–Crippen MR) is 118 cm³/mol. The third-order valence-electron chi connectivity index (χ3n) is 5.52. The highest BCUT2D eigenvalue weighted by molar-refractivity contribution is 7.91. The Hall–Kier alpha value is -2.65. The molecule has 0 atom stereocenters. The van der Waals surface area contributed by atoms with Gasteiger partial charge in [0.2, 0.25) is 9.84 Å². The maximum absolute atomic E-state index is 13.6. The molecule has 9 heteroatoms. The minimum atomic E-state index is -3.75. The highest BCUT2D eigenvalue weighted by atomic mass is 32.2. The number of hydrogen-bond acceptors (Lipinski definition) is 7. The van der Waals surface area contributed by atoms with Crippen molar-refractivity contribution in [1.82, 2.24) is 19.5 Å². The van der Waals surface area contributed by atoms with Gasteiger partial charge in [-0.15, -0.1) is 0 Å². The first kappa shape index (κ1) is 20.6. The zero-order valence-electron chi connectivity index (χ0n) is 17.9. The van der Waals surface area contributed by atoms with Crippen LogP contribution in [0.5, 0.6) is 0 Å². The topological polar surface area (TPSA) is 74.1 Å². The summed E-state index contributed by atoms with van der Waals surface area (Å²) < 4.78 is 28.9. The van der Waals surface area contributed by atoms with E-state index in [4.69, 9.17) is 10.1 Å². The van der Waals surface area contributed by atoms with Crippen molar-refractivity contribution in [1.29, 1.82) is 0 Å². The second kappa shape index (κ2) is 7.88. The van der Waals surface area contributed by atoms with E-state index in [0.717, 1.165) is 32.0 Å². The molecule has 0 saturated carbocycles. The molecule has 0 aliphatic carbocycles. The largest absolute Gasteiger partial charge is 0.363 e. The molecule has 0 bridgehead atoms. The summed E-state index contributed by atoms with van der Waals surface area (Å²) in [5.74, 6) is 1.59. The van der Waals surface area contributed by atoms with Gasteiger partial charge in [0.05, 0.1) is 10.6 Å². The monoisotopic (exact) mass is 428 g/mol. The van der Waals surface area contributed by atoms with Gasteiger partial charge in [-0.05, 0) is 25.6 Å². The van der Waals surface area contributed by atoms with Crippen LogP contribution in [0.15, 0.2) is 46.2 Å². The van der Waals surface area contributed by atoms with Crippen LogP contribution in [0.25, 0.3) is 5.65 Å². The molecule has 0 unspecified atom stereocenters. The molecule has 0 N–H and O–H groups in total. The van der Waals surface area contributed by atoms with Gasteiger partial charge in [-0.1, -0.05) is 25.1 Å². The maximum atomic E-state index is 13.6. The zero-order chi connectivity index (χ0) is 21.5. The Labute approximate surface area is 177 Å². The molecule has 160 valence electrons. The SMILES string of the molecule is CCc1nn2c(N3CCN(C)CC3)cc(N(C)C)nc2c1S(=O)(=O)c1ccccc1. The molecule has 3 aromatic rings. The van der Waals surface area contributed by atoms with E-state index < -0.39 is 9.84 Å². The lowest BCUT2D eigenvalue weighted by Crippen LogP contribution is -2.45. The fourth-order valence-corrected chi connectivity index (χ4v) is 5.35. The predicted octanol–water partition coefficient (Wildman–Crippen LogP) is 1.94. The first-order valence-electron chi connectivity index (χ1n) is 10.2. The molecule has 1 aliphatic heterocycles. The fraction of sp³-hybridized carbons (Fsp3) is 0.429. The molecule has 1 aromatic carbocycles. The van der Waals surface area contributed by atoms with Crippen molar-refractivity contribution in [3.05, 3.63) is 42.1 Å². The number of aromatic nitrogens is 3. The minimum absolute atomic E-state index is 0.204. The Morgan fingerprint density at radius 2 is 1.73 bits per heavy atom. The lowest BCUT2D eigenvalue weighted by atomic mass is 10.3. The van der Waals surface area contributed by atoms with Gasteiger partial charge in [-0.3, -0.25) is 0 Å². The number of anilines is 2. The summed E-state index contributed by atoms with van der Waals surface area (Å²) in [6, 6.07) is 10.5. The molecule has 1 saturated heterocycles. The van der Waals surface area contributed by atoms with Crippen molar-refractivity contribution < 1.29 is 8.42 Å². The van der Waals surface area contributed by atoms with Crippen molar-refractivity contribution in [2.24, 2.45) is 0 Å². The summed E-state index contributed by atoms with van der Waals surface area (Å²) >= 11 is 0. The lowest BCUT2D eigenvalue weighted by Gasteiger charge is -2.34. The van der Waals surface area contributed by atoms with Crippen LogP contribution in [0.1, 0.15) is 12.6 Å². The number of sulfone groups is 1. The number of piperazine rings is 1. The summed E-state index contributed by atoms with van der Waals surface area (Å²) in [4.78, 5) is 11.6. The standard InChI is InChI=1S/C21H28N6O2S/c1-5-17-20(30(28,29)16-9-7-6-8-10-16)21-22-18(24(2)3)15-19(27(21)23-17)26-13-11-25(4)12-14-26/h6-10,15H,5,11-14H2,1-4H3. The van der Waals surface area contributed by atoms with Crippen LogP contribution < -0.4 is 9.80 Å². The number of hydrogen-bond donors (Lipinski definition) is 0. The van der Waals surface area contributed by atoms with E-state index in [9.17, 15) is 8.42 Å². The number of benzene rings is 1. The quantitative estimate of drug-likeness (QED) is 0.615. The molecule has 1 aliphatic rings. The molecule has 2 aromatic heterocycles. The third-order valence-corrected chi connectivity index (χ3v) is 7.37. The van der Waals surface area contributed by atoms with Gasteiger partial charge in [-0.2, -0.15) is 9.61 Å². The second-order valence-corrected chi connectivity index (χ2v) is 9.73. The molecule has 1 fully saturated rings. The van der Waals surface area contributed by atoms with Crippen molar-refractivity contribution in [3.63, 3.8) is 0 Å². The molecule has 0 amide bonds. The molecular formula is C21H28N6O2S. The summed E-state index contributed by atoms with van der Waals surface area (Å²) in [6.45, 7) is 5.51. The number of aryl methyl sites for hydroxylation is 1. The van der Waals surface area contributed by atoms with Crippen LogP contribution in [0.2, 0.25) is 0 Å². The third kappa shape index (κ3) is 3.52. The molecule has 0 radical (unpaired) electrons. The molecular weight excluding hydrogens is 400 g/mol. The van der Waals surface area contributed by atoms with Crippen LogP contribution in [0.4, 0.5) is 11.6 Å². The highest BCUT2D eigenvalue weighted by Crippen LogP contribution is 2.32. The number of rotatable bonds is 5. The Morgan fingerprint density at radius 3 is 2.33 bits per heavy atom. The molecule has 4 rings (SSSR count). The van der Waals surface area contributed by atoms with E-state index in [1.54, 1.807) is 28.8 Å². The van der Waals surface area contributed by atoms with Crippen molar-refractivity contribution in [2.75, 3.05) is 57.1 Å². The Kier molecular flexibility index (Phi) is 5.42. The average Bonchev–Trinajstić information content (AvgIpc) is 3.13. The van der Waals surface area contributed by atoms with Crippen LogP contribution >= 0.6 is 0 Å². The van der Waals surface area contributed by atoms with Crippen LogP contribution in [0.3, 0.4) is 0 Å². The van der Waals surface area contributed by atoms with Gasteiger partial charge >= 0.3 is 0 Å². The number of nitrogens with zero attached hydrogens (tertiary/aromatic N) is 6. The van der Waals surface area contributed by atoms with Crippen molar-refractivity contribution in [2.45, 2.75) is 23.1 Å². The van der Waals surface area contributed by atoms with Gasteiger partial charge in [0.1, 0.15) is 16.5 Å². The van der Waals surface area contributed by atoms with E-state index >= 15 is 0 Å². The van der Waals surface area contributed by atoms with Gasteiger partial charge in [-0.25, -0.2) is 13.4 Å². The first-order chi connectivity index (χ1) is 14.3. The minimum Gasteiger partial charge on any atom is -0.363 e. The van der Waals surface area contributed by atoms with Crippen molar-refractivity contribution in [3.8, 4) is 0 Å². The van der Waals surface area contributed by atoms with Crippen LogP contribution in [0, 0.1) is 0 Å². The molecule has 30 heavy (non-hydrogen) atoms. The summed E-state index contributed by atoms with van der Waals surface area (Å²) in [7, 11) is 2.18. The molecule has 3 heterocycles. The van der Waals surface area contributed by atoms with Crippen LogP contribution in [-0.2, 0) is 16.3 Å². The first-order valence-corrected chi connectivity index (χ1v) is 11.6. The summed E-state index contributed by atoms with van der Waals surface area (Å²) in [5.41, 5.74) is 0.925. The Morgan fingerprint density at radius 1 is 1.07 bits per heavy atom. The maximum Gasteiger partial charge on any atom is 0.212 e. The van der Waals surface area contributed by atoms with E-state index in [0.29, 0.717) is 23.6 Å². The second-order valence-electron chi connectivity index (χ2n) is 7.84. The number of fused-ring (bicyclic) bond motifs is 1. The average molecular weight is 429 g/mol. The van der Waals surface area contributed by atoms with E-state index in [-0.39, 0.29) is 9.79 Å². The lowest BCUT2D eigenvalue weighted by molar-refractivity contribution is 0.311. The number of likely N-dealkylation sites (N-methyl/N-ethyl adjacent to an activating group) is 1. The van der Waals surface area contributed by atoms with E-state index in [2.05, 4.69) is 16.8 Å². The fourth-order valence-electron chi connectivity index (χ4n) is 3.73. The van der Waals surface area contributed by atoms with Crippen LogP contribution in [-0.4, -0.2) is 75.2 Å². The molecule has 8 nitrogen and oxygen atoms in total. The highest BCUT2D eigenvalue weighted by Gasteiger charge is 2.30. The van der Waals surface area contributed by atoms with E-state index in [1.165, 1.54) is 0 Å². The Balaban J connectivity index is 1.98. The normalized spacial score (nSPS) is 15.7. The van der Waals surface area contributed by atoms with Gasteiger partial charge in [0.15, 0.2) is 5.65 Å².